The first kappa shape index (κ1) is 29.3. The fraction of sp³-hybridized carbons (Fsp3) is 0.762. The van der Waals surface area contributed by atoms with Crippen LogP contribution in [0.4, 0.5) is 0 Å². The van der Waals surface area contributed by atoms with E-state index in [1.54, 1.807) is 0 Å². The van der Waals surface area contributed by atoms with Crippen LogP contribution in [0.5, 0.6) is 0 Å². The highest BCUT2D eigenvalue weighted by Crippen LogP contribution is 2.09. The first-order valence-corrected chi connectivity index (χ1v) is 11.7. The average molecular weight is 487 g/mol. The van der Waals surface area contributed by atoms with Crippen molar-refractivity contribution >= 4 is 29.7 Å². The zero-order valence-corrected chi connectivity index (χ0v) is 19.4. The topological polar surface area (TPSA) is 226 Å². The maximum atomic E-state index is 13.0. The van der Waals surface area contributed by atoms with Gasteiger partial charge in [0, 0.05) is 0 Å². The summed E-state index contributed by atoms with van der Waals surface area (Å²) >= 11 is 0. The summed E-state index contributed by atoms with van der Waals surface area (Å²) in [6.45, 7) is 1.51. The number of hydrogen-bond donors (Lipinski definition) is 8. The third kappa shape index (κ3) is 10.9. The number of aliphatic carboxylic acids is 2. The van der Waals surface area contributed by atoms with E-state index in [9.17, 15) is 29.1 Å². The molecular formula is C21H38N6O7. The molecule has 1 fully saturated rings. The summed E-state index contributed by atoms with van der Waals surface area (Å²) in [7, 11) is 0. The third-order valence-electron chi connectivity index (χ3n) is 5.53. The molecule has 0 saturated carbocycles. The molecule has 0 aromatic rings. The van der Waals surface area contributed by atoms with Crippen molar-refractivity contribution in [2.75, 3.05) is 19.6 Å². The highest BCUT2D eigenvalue weighted by molar-refractivity contribution is 5.94. The van der Waals surface area contributed by atoms with Gasteiger partial charge in [0.05, 0.1) is 12.5 Å². The summed E-state index contributed by atoms with van der Waals surface area (Å²) in [6, 6.07) is -4.05. The van der Waals surface area contributed by atoms with Crippen LogP contribution in [0.25, 0.3) is 0 Å². The van der Waals surface area contributed by atoms with Crippen molar-refractivity contribution in [3.05, 3.63) is 0 Å². The molecule has 0 radical (unpaired) electrons. The van der Waals surface area contributed by atoms with E-state index in [4.69, 9.17) is 16.6 Å². The number of carboxylic acid groups (broad SMARTS) is 2. The molecule has 3 amide bonds. The Labute approximate surface area is 198 Å². The van der Waals surface area contributed by atoms with Crippen LogP contribution in [-0.4, -0.2) is 83.7 Å². The van der Waals surface area contributed by atoms with Crippen LogP contribution in [0.1, 0.15) is 57.8 Å². The van der Waals surface area contributed by atoms with Gasteiger partial charge >= 0.3 is 11.9 Å². The molecule has 13 nitrogen and oxygen atoms in total. The van der Waals surface area contributed by atoms with Crippen molar-refractivity contribution in [3.63, 3.8) is 0 Å². The summed E-state index contributed by atoms with van der Waals surface area (Å²) in [5.41, 5.74) is 11.0. The highest BCUT2D eigenvalue weighted by atomic mass is 16.4. The summed E-state index contributed by atoms with van der Waals surface area (Å²) in [4.78, 5) is 60.6. The second-order valence-corrected chi connectivity index (χ2v) is 8.34. The maximum Gasteiger partial charge on any atom is 0.326 e. The van der Waals surface area contributed by atoms with Gasteiger partial charge < -0.3 is 42.9 Å². The van der Waals surface area contributed by atoms with Gasteiger partial charge in [-0.15, -0.1) is 0 Å². The standard InChI is InChI=1S/C21H38N6O7/c22-9-3-1-6-14(25-18(30)13-8-5-11-24-13)19(31)26-15(7-2-4-10-23)20(32)27-16(21(33)34)12-17(28)29/h13-16,24H,1-12,22-23H2,(H,25,30)(H,26,31)(H,27,32)(H,28,29)(H,33,34). The number of carbonyl (C=O) groups is 5. The third-order valence-corrected chi connectivity index (χ3v) is 5.53. The molecule has 1 heterocycles. The van der Waals surface area contributed by atoms with Gasteiger partial charge in [-0.2, -0.15) is 0 Å². The van der Waals surface area contributed by atoms with Crippen LogP contribution >= 0.6 is 0 Å². The molecule has 4 atom stereocenters. The van der Waals surface area contributed by atoms with Crippen molar-refractivity contribution in [1.82, 2.24) is 21.3 Å². The van der Waals surface area contributed by atoms with E-state index >= 15 is 0 Å². The van der Waals surface area contributed by atoms with Crippen LogP contribution in [0, 0.1) is 0 Å². The second kappa shape index (κ2) is 16.0. The minimum atomic E-state index is -1.65. The predicted octanol–water partition coefficient (Wildman–Crippen LogP) is -1.99. The highest BCUT2D eigenvalue weighted by Gasteiger charge is 2.31. The Kier molecular flexibility index (Phi) is 13.7. The monoisotopic (exact) mass is 486 g/mol. The number of rotatable bonds is 17. The normalized spacial score (nSPS) is 17.9. The van der Waals surface area contributed by atoms with Crippen LogP contribution in [0.3, 0.4) is 0 Å². The van der Waals surface area contributed by atoms with Gasteiger partial charge in [0.1, 0.15) is 18.1 Å². The van der Waals surface area contributed by atoms with Crippen LogP contribution in [0.2, 0.25) is 0 Å². The van der Waals surface area contributed by atoms with Gasteiger partial charge in [0.2, 0.25) is 17.7 Å². The zero-order valence-electron chi connectivity index (χ0n) is 19.4. The van der Waals surface area contributed by atoms with Crippen molar-refractivity contribution in [2.24, 2.45) is 11.5 Å². The van der Waals surface area contributed by atoms with E-state index in [0.29, 0.717) is 58.2 Å². The molecule has 4 unspecified atom stereocenters. The van der Waals surface area contributed by atoms with E-state index in [1.165, 1.54) is 0 Å². The first-order chi connectivity index (χ1) is 16.2. The van der Waals surface area contributed by atoms with Crippen molar-refractivity contribution in [3.8, 4) is 0 Å². The quantitative estimate of drug-likeness (QED) is 0.106. The van der Waals surface area contributed by atoms with Crippen LogP contribution in [0.15, 0.2) is 0 Å². The van der Waals surface area contributed by atoms with Crippen LogP contribution in [-0.2, 0) is 24.0 Å². The molecule has 10 N–H and O–H groups in total. The SMILES string of the molecule is NCCCCC(NC(=O)C(CCCCN)NC(=O)C1CCCN1)C(=O)NC(CC(=O)O)C(=O)O. The molecule has 194 valence electrons. The van der Waals surface area contributed by atoms with E-state index in [1.807, 2.05) is 0 Å². The predicted molar refractivity (Wildman–Crippen MR) is 123 cm³/mol. The summed E-state index contributed by atoms with van der Waals surface area (Å²) in [6.07, 6.45) is 3.46. The van der Waals surface area contributed by atoms with Gasteiger partial charge in [-0.25, -0.2) is 4.79 Å². The number of carboxylic acids is 2. The van der Waals surface area contributed by atoms with Gasteiger partial charge in [0.15, 0.2) is 0 Å². The molecule has 0 aliphatic carbocycles. The summed E-state index contributed by atoms with van der Waals surface area (Å²) in [5, 5.41) is 28.7. The minimum absolute atomic E-state index is 0.168. The largest absolute Gasteiger partial charge is 0.481 e. The minimum Gasteiger partial charge on any atom is -0.481 e. The molecule has 1 aliphatic rings. The second-order valence-electron chi connectivity index (χ2n) is 8.34. The number of unbranched alkanes of at least 4 members (excludes halogenated alkanes) is 2. The lowest BCUT2D eigenvalue weighted by Gasteiger charge is -2.25. The van der Waals surface area contributed by atoms with E-state index in [0.717, 1.165) is 6.42 Å². The molecule has 1 aliphatic heterocycles. The number of amides is 3. The first-order valence-electron chi connectivity index (χ1n) is 11.7. The van der Waals surface area contributed by atoms with Gasteiger partial charge in [-0.05, 0) is 71.0 Å². The van der Waals surface area contributed by atoms with Crippen LogP contribution < -0.4 is 32.7 Å². The number of nitrogens with one attached hydrogen (secondary N) is 4. The molecule has 0 spiro atoms. The van der Waals surface area contributed by atoms with Gasteiger partial charge in [-0.3, -0.25) is 19.2 Å². The molecule has 34 heavy (non-hydrogen) atoms. The summed E-state index contributed by atoms with van der Waals surface area (Å²) in [5.74, 6) is -4.59. The number of hydrogen-bond acceptors (Lipinski definition) is 8. The maximum absolute atomic E-state index is 13.0. The van der Waals surface area contributed by atoms with E-state index < -0.39 is 48.3 Å². The van der Waals surface area contributed by atoms with Crippen molar-refractivity contribution in [2.45, 2.75) is 82.0 Å². The Balaban J connectivity index is 2.91. The van der Waals surface area contributed by atoms with E-state index in [2.05, 4.69) is 21.3 Å². The molecule has 13 heteroatoms. The molecule has 0 aromatic heterocycles. The van der Waals surface area contributed by atoms with Gasteiger partial charge in [-0.1, -0.05) is 0 Å². The fourth-order valence-corrected chi connectivity index (χ4v) is 3.62. The lowest BCUT2D eigenvalue weighted by molar-refractivity contribution is -0.147. The van der Waals surface area contributed by atoms with E-state index in [-0.39, 0.29) is 18.4 Å². The Morgan fingerprint density at radius 3 is 1.79 bits per heavy atom. The fourth-order valence-electron chi connectivity index (χ4n) is 3.62. The number of nitrogens with two attached hydrogens (primary N) is 2. The lowest BCUT2D eigenvalue weighted by Crippen LogP contribution is -2.57. The molecule has 0 bridgehead atoms. The van der Waals surface area contributed by atoms with Crippen molar-refractivity contribution < 1.29 is 34.2 Å². The summed E-state index contributed by atoms with van der Waals surface area (Å²) < 4.78 is 0. The zero-order chi connectivity index (χ0) is 25.5. The Morgan fingerprint density at radius 1 is 0.824 bits per heavy atom. The molecular weight excluding hydrogens is 448 g/mol. The molecule has 0 aromatic carbocycles. The smallest absolute Gasteiger partial charge is 0.326 e. The Morgan fingerprint density at radius 2 is 1.35 bits per heavy atom. The Bertz CT molecular complexity index is 699. The average Bonchev–Trinajstić information content (AvgIpc) is 3.32. The number of carbonyl (C=O) groups excluding carboxylic acids is 3. The molecule has 1 saturated heterocycles. The van der Waals surface area contributed by atoms with Gasteiger partial charge in [0.25, 0.3) is 0 Å². The van der Waals surface area contributed by atoms with Crippen molar-refractivity contribution in [1.29, 1.82) is 0 Å². The lowest BCUT2D eigenvalue weighted by atomic mass is 10.0. The molecule has 1 rings (SSSR count). The Hall–Kier alpha value is -2.77.